The van der Waals surface area contributed by atoms with E-state index in [1.165, 1.54) is 12.1 Å². The van der Waals surface area contributed by atoms with E-state index in [1.807, 2.05) is 0 Å². The number of hydrogen-bond acceptors (Lipinski definition) is 3. The lowest BCUT2D eigenvalue weighted by Gasteiger charge is -1.97. The van der Waals surface area contributed by atoms with Crippen molar-refractivity contribution in [3.8, 4) is 0 Å². The molecule has 0 atom stereocenters. The van der Waals surface area contributed by atoms with Crippen LogP contribution in [0.25, 0.3) is 17.0 Å². The molecule has 16 heavy (non-hydrogen) atoms. The lowest BCUT2D eigenvalue weighted by Crippen LogP contribution is -1.94. The van der Waals surface area contributed by atoms with Crippen molar-refractivity contribution in [2.75, 3.05) is 0 Å². The van der Waals surface area contributed by atoms with Crippen LogP contribution >= 0.6 is 0 Å². The van der Waals surface area contributed by atoms with E-state index < -0.39 is 11.6 Å². The molecule has 0 fully saturated rings. The fraction of sp³-hybridized carbons (Fsp3) is 0. The van der Waals surface area contributed by atoms with E-state index in [9.17, 15) is 9.59 Å². The van der Waals surface area contributed by atoms with E-state index in [-0.39, 0.29) is 0 Å². The first-order valence-electron chi connectivity index (χ1n) is 4.60. The first-order chi connectivity index (χ1) is 7.65. The van der Waals surface area contributed by atoms with E-state index in [4.69, 9.17) is 9.52 Å². The highest BCUT2D eigenvalue weighted by molar-refractivity contribution is 5.86. The molecule has 1 N–H and O–H groups in total. The Kier molecular flexibility index (Phi) is 2.55. The maximum Gasteiger partial charge on any atom is 0.336 e. The van der Waals surface area contributed by atoms with Crippen molar-refractivity contribution >= 4 is 23.0 Å². The molecule has 0 unspecified atom stereocenters. The third kappa shape index (κ3) is 2.17. The lowest BCUT2D eigenvalue weighted by molar-refractivity contribution is -0.131. The Morgan fingerprint density at radius 3 is 2.75 bits per heavy atom. The molecule has 0 saturated carbocycles. The van der Waals surface area contributed by atoms with E-state index in [2.05, 4.69) is 0 Å². The van der Waals surface area contributed by atoms with Crippen molar-refractivity contribution in [2.24, 2.45) is 0 Å². The summed E-state index contributed by atoms with van der Waals surface area (Å²) in [4.78, 5) is 21.3. The molecule has 0 amide bonds. The summed E-state index contributed by atoms with van der Waals surface area (Å²) in [5.41, 5.74) is 0.691. The molecule has 2 rings (SSSR count). The summed E-state index contributed by atoms with van der Waals surface area (Å²) >= 11 is 0. The number of rotatable bonds is 2. The van der Waals surface area contributed by atoms with E-state index >= 15 is 0 Å². The monoisotopic (exact) mass is 216 g/mol. The quantitative estimate of drug-likeness (QED) is 0.614. The Morgan fingerprint density at radius 1 is 1.25 bits per heavy atom. The van der Waals surface area contributed by atoms with Crippen LogP contribution in [0.4, 0.5) is 0 Å². The van der Waals surface area contributed by atoms with Crippen LogP contribution in [0.1, 0.15) is 5.56 Å². The van der Waals surface area contributed by atoms with Crippen LogP contribution in [0.5, 0.6) is 0 Å². The Hall–Kier alpha value is -2.36. The van der Waals surface area contributed by atoms with Crippen molar-refractivity contribution in [3.63, 3.8) is 0 Å². The minimum atomic E-state index is -1.02. The predicted molar refractivity (Wildman–Crippen MR) is 59.2 cm³/mol. The number of carbonyl (C=O) groups is 1. The first kappa shape index (κ1) is 10.2. The summed E-state index contributed by atoms with van der Waals surface area (Å²) in [5, 5.41) is 9.27. The molecule has 0 aliphatic rings. The second kappa shape index (κ2) is 4.02. The minimum Gasteiger partial charge on any atom is -0.478 e. The Morgan fingerprint density at radius 2 is 2.00 bits per heavy atom. The summed E-state index contributed by atoms with van der Waals surface area (Å²) in [7, 11) is 0. The predicted octanol–water partition coefficient (Wildman–Crippen LogP) is 1.89. The second-order valence-corrected chi connectivity index (χ2v) is 3.22. The van der Waals surface area contributed by atoms with Crippen LogP contribution < -0.4 is 5.63 Å². The third-order valence-electron chi connectivity index (χ3n) is 2.07. The van der Waals surface area contributed by atoms with Gasteiger partial charge in [0.2, 0.25) is 0 Å². The zero-order valence-electron chi connectivity index (χ0n) is 8.21. The van der Waals surface area contributed by atoms with Crippen molar-refractivity contribution in [2.45, 2.75) is 0 Å². The van der Waals surface area contributed by atoms with Gasteiger partial charge < -0.3 is 9.52 Å². The lowest BCUT2D eigenvalue weighted by atomic mass is 10.1. The zero-order valence-corrected chi connectivity index (χ0v) is 8.21. The molecule has 4 heteroatoms. The molecule has 2 aromatic rings. The SMILES string of the molecule is O=C(O)/C=C/c1ccc2ccc(=O)oc2c1. The Balaban J connectivity index is 2.50. The maximum atomic E-state index is 11.0. The summed E-state index contributed by atoms with van der Waals surface area (Å²) in [6.07, 6.45) is 2.47. The fourth-order valence-electron chi connectivity index (χ4n) is 1.35. The minimum absolute atomic E-state index is 0.424. The van der Waals surface area contributed by atoms with Crippen molar-refractivity contribution < 1.29 is 14.3 Å². The van der Waals surface area contributed by atoms with Crippen molar-refractivity contribution in [1.82, 2.24) is 0 Å². The highest BCUT2D eigenvalue weighted by Gasteiger charge is 1.97. The summed E-state index contributed by atoms with van der Waals surface area (Å²) < 4.78 is 4.97. The molecule has 0 radical (unpaired) electrons. The molecule has 0 bridgehead atoms. The van der Waals surface area contributed by atoms with Gasteiger partial charge in [-0.05, 0) is 23.8 Å². The third-order valence-corrected chi connectivity index (χ3v) is 2.07. The van der Waals surface area contributed by atoms with Gasteiger partial charge in [0.25, 0.3) is 0 Å². The molecule has 80 valence electrons. The summed E-state index contributed by atoms with van der Waals surface area (Å²) in [5.74, 6) is -1.02. The molecule has 0 aliphatic heterocycles. The first-order valence-corrected chi connectivity index (χ1v) is 4.60. The summed E-state index contributed by atoms with van der Waals surface area (Å²) in [6, 6.07) is 8.14. The number of benzene rings is 1. The smallest absolute Gasteiger partial charge is 0.336 e. The van der Waals surface area contributed by atoms with Gasteiger partial charge in [-0.1, -0.05) is 12.1 Å². The van der Waals surface area contributed by atoms with Crippen molar-refractivity contribution in [3.05, 3.63) is 52.4 Å². The average molecular weight is 216 g/mol. The van der Waals surface area contributed by atoms with Crippen LogP contribution in [0, 0.1) is 0 Å². The molecule has 1 aromatic heterocycles. The molecule has 0 aliphatic carbocycles. The van der Waals surface area contributed by atoms with Gasteiger partial charge in [-0.25, -0.2) is 9.59 Å². The molecule has 4 nitrogen and oxygen atoms in total. The topological polar surface area (TPSA) is 67.5 Å². The van der Waals surface area contributed by atoms with Crippen LogP contribution in [0.15, 0.2) is 45.6 Å². The van der Waals surface area contributed by atoms with E-state index in [1.54, 1.807) is 24.3 Å². The number of carboxylic acids is 1. The molecule has 0 spiro atoms. The highest BCUT2D eigenvalue weighted by Crippen LogP contribution is 2.14. The molecular formula is C12H8O4. The fourth-order valence-corrected chi connectivity index (χ4v) is 1.35. The van der Waals surface area contributed by atoms with Crippen LogP contribution in [0.2, 0.25) is 0 Å². The number of aliphatic carboxylic acids is 1. The normalized spacial score (nSPS) is 11.0. The standard InChI is InChI=1S/C12H8O4/c13-11(14)5-2-8-1-3-9-4-6-12(15)16-10(9)7-8/h1-7H,(H,13,14)/b5-2+. The van der Waals surface area contributed by atoms with Gasteiger partial charge in [-0.3, -0.25) is 0 Å². The van der Waals surface area contributed by atoms with Gasteiger partial charge in [0, 0.05) is 17.5 Å². The van der Waals surface area contributed by atoms with Gasteiger partial charge in [0.1, 0.15) is 5.58 Å². The second-order valence-electron chi connectivity index (χ2n) is 3.22. The Bertz CT molecular complexity index is 622. The molecule has 1 aromatic carbocycles. The van der Waals surface area contributed by atoms with Gasteiger partial charge in [-0.15, -0.1) is 0 Å². The number of fused-ring (bicyclic) bond motifs is 1. The van der Waals surface area contributed by atoms with Crippen LogP contribution in [0.3, 0.4) is 0 Å². The van der Waals surface area contributed by atoms with Gasteiger partial charge in [0.15, 0.2) is 0 Å². The van der Waals surface area contributed by atoms with Gasteiger partial charge in [0.05, 0.1) is 0 Å². The Labute approximate surface area is 90.4 Å². The number of hydrogen-bond donors (Lipinski definition) is 1. The maximum absolute atomic E-state index is 11.0. The molecular weight excluding hydrogens is 208 g/mol. The molecule has 0 saturated heterocycles. The van der Waals surface area contributed by atoms with Crippen molar-refractivity contribution in [1.29, 1.82) is 0 Å². The van der Waals surface area contributed by atoms with Gasteiger partial charge in [-0.2, -0.15) is 0 Å². The highest BCUT2D eigenvalue weighted by atomic mass is 16.4. The van der Waals surface area contributed by atoms with Crippen LogP contribution in [-0.2, 0) is 4.79 Å². The van der Waals surface area contributed by atoms with Crippen LogP contribution in [-0.4, -0.2) is 11.1 Å². The largest absolute Gasteiger partial charge is 0.478 e. The average Bonchev–Trinajstić information content (AvgIpc) is 2.25. The van der Waals surface area contributed by atoms with E-state index in [0.717, 1.165) is 11.5 Å². The van der Waals surface area contributed by atoms with Gasteiger partial charge >= 0.3 is 11.6 Å². The van der Waals surface area contributed by atoms with E-state index in [0.29, 0.717) is 11.1 Å². The number of carboxylic acid groups (broad SMARTS) is 1. The summed E-state index contributed by atoms with van der Waals surface area (Å²) in [6.45, 7) is 0. The zero-order chi connectivity index (χ0) is 11.5. The molecule has 1 heterocycles.